The van der Waals surface area contributed by atoms with E-state index in [-0.39, 0.29) is 5.91 Å². The molecule has 0 bridgehead atoms. The summed E-state index contributed by atoms with van der Waals surface area (Å²) in [6.45, 7) is 1.91. The number of aromatic nitrogens is 3. The highest BCUT2D eigenvalue weighted by Gasteiger charge is 2.17. The summed E-state index contributed by atoms with van der Waals surface area (Å²) in [4.78, 5) is 21.6. The van der Waals surface area contributed by atoms with Crippen molar-refractivity contribution in [2.24, 2.45) is 0 Å². The minimum Gasteiger partial charge on any atom is -0.493 e. The van der Waals surface area contributed by atoms with Crippen LogP contribution in [0.2, 0.25) is 0 Å². The van der Waals surface area contributed by atoms with Gasteiger partial charge < -0.3 is 19.3 Å². The number of amides is 1. The Bertz CT molecular complexity index is 1220. The van der Waals surface area contributed by atoms with Gasteiger partial charge in [-0.3, -0.25) is 9.78 Å². The molecule has 2 aromatic carbocycles. The highest BCUT2D eigenvalue weighted by molar-refractivity contribution is 6.06. The van der Waals surface area contributed by atoms with Crippen molar-refractivity contribution >= 4 is 11.6 Å². The summed E-state index contributed by atoms with van der Waals surface area (Å²) in [5.74, 6) is 1.42. The molecule has 8 nitrogen and oxygen atoms in total. The predicted molar refractivity (Wildman–Crippen MR) is 115 cm³/mol. The summed E-state index contributed by atoms with van der Waals surface area (Å²) >= 11 is 0. The van der Waals surface area contributed by atoms with Crippen molar-refractivity contribution in [3.8, 4) is 34.3 Å². The molecule has 0 spiro atoms. The molecular formula is C23H20N4O4. The van der Waals surface area contributed by atoms with Crippen LogP contribution >= 0.6 is 0 Å². The van der Waals surface area contributed by atoms with Gasteiger partial charge in [-0.25, -0.2) is 0 Å². The van der Waals surface area contributed by atoms with Crippen LogP contribution in [-0.2, 0) is 0 Å². The van der Waals surface area contributed by atoms with E-state index in [1.807, 2.05) is 31.2 Å². The fraction of sp³-hybridized carbons (Fsp3) is 0.130. The van der Waals surface area contributed by atoms with E-state index in [1.54, 1.807) is 43.6 Å². The molecule has 0 radical (unpaired) electrons. The average molecular weight is 416 g/mol. The van der Waals surface area contributed by atoms with Crippen LogP contribution in [0.25, 0.3) is 22.8 Å². The van der Waals surface area contributed by atoms with Crippen LogP contribution in [0.1, 0.15) is 16.1 Å². The zero-order chi connectivity index (χ0) is 21.8. The standard InChI is InChI=1S/C23H20N4O4/c1-14-8-9-16(13-24-14)21-26-23(31-27-21)17-6-4-5-7-18(17)25-22(28)15-10-11-19(29-2)20(12-15)30-3/h4-13H,1-3H3,(H,25,28). The summed E-state index contributed by atoms with van der Waals surface area (Å²) in [7, 11) is 3.06. The quantitative estimate of drug-likeness (QED) is 0.498. The van der Waals surface area contributed by atoms with Gasteiger partial charge in [-0.15, -0.1) is 0 Å². The van der Waals surface area contributed by atoms with E-state index in [4.69, 9.17) is 14.0 Å². The van der Waals surface area contributed by atoms with Crippen LogP contribution in [0.4, 0.5) is 5.69 Å². The molecule has 0 aliphatic carbocycles. The Hall–Kier alpha value is -4.20. The Labute approximate surface area is 178 Å². The number of carbonyl (C=O) groups excluding carboxylic acids is 1. The fourth-order valence-corrected chi connectivity index (χ4v) is 3.00. The maximum atomic E-state index is 12.8. The number of carbonyl (C=O) groups is 1. The number of aryl methyl sites for hydroxylation is 1. The monoisotopic (exact) mass is 416 g/mol. The Balaban J connectivity index is 1.61. The van der Waals surface area contributed by atoms with Crippen molar-refractivity contribution < 1.29 is 18.8 Å². The fourth-order valence-electron chi connectivity index (χ4n) is 3.00. The molecule has 0 atom stereocenters. The third kappa shape index (κ3) is 4.23. The van der Waals surface area contributed by atoms with E-state index in [0.29, 0.717) is 40.0 Å². The number of nitrogens with zero attached hydrogens (tertiary/aromatic N) is 3. The molecule has 4 rings (SSSR count). The molecule has 4 aromatic rings. The first-order valence-electron chi connectivity index (χ1n) is 9.48. The Kier molecular flexibility index (Phi) is 5.61. The van der Waals surface area contributed by atoms with Crippen molar-refractivity contribution in [2.75, 3.05) is 19.5 Å². The number of hydrogen-bond donors (Lipinski definition) is 1. The molecule has 0 aliphatic rings. The van der Waals surface area contributed by atoms with Gasteiger partial charge in [-0.05, 0) is 49.4 Å². The lowest BCUT2D eigenvalue weighted by Crippen LogP contribution is -2.13. The van der Waals surface area contributed by atoms with Gasteiger partial charge in [0.25, 0.3) is 11.8 Å². The largest absolute Gasteiger partial charge is 0.493 e. The van der Waals surface area contributed by atoms with Gasteiger partial charge in [0.15, 0.2) is 11.5 Å². The second kappa shape index (κ2) is 8.66. The molecule has 0 fully saturated rings. The van der Waals surface area contributed by atoms with Crippen molar-refractivity contribution in [2.45, 2.75) is 6.92 Å². The van der Waals surface area contributed by atoms with E-state index in [2.05, 4.69) is 20.4 Å². The van der Waals surface area contributed by atoms with E-state index in [9.17, 15) is 4.79 Å². The molecule has 31 heavy (non-hydrogen) atoms. The summed E-state index contributed by atoms with van der Waals surface area (Å²) in [6.07, 6.45) is 1.69. The first-order chi connectivity index (χ1) is 15.1. The number of ether oxygens (including phenoxy) is 2. The maximum absolute atomic E-state index is 12.8. The lowest BCUT2D eigenvalue weighted by Gasteiger charge is -2.11. The molecule has 156 valence electrons. The topological polar surface area (TPSA) is 99.4 Å². The highest BCUT2D eigenvalue weighted by Crippen LogP contribution is 2.30. The Morgan fingerprint density at radius 1 is 1.00 bits per heavy atom. The molecule has 1 amide bonds. The van der Waals surface area contributed by atoms with Crippen LogP contribution < -0.4 is 14.8 Å². The molecule has 0 saturated carbocycles. The third-order valence-electron chi connectivity index (χ3n) is 4.65. The lowest BCUT2D eigenvalue weighted by atomic mass is 10.1. The van der Waals surface area contributed by atoms with Gasteiger partial charge in [0, 0.05) is 23.0 Å². The number of benzene rings is 2. The van der Waals surface area contributed by atoms with E-state index >= 15 is 0 Å². The van der Waals surface area contributed by atoms with Crippen molar-refractivity contribution in [1.82, 2.24) is 15.1 Å². The SMILES string of the molecule is COc1ccc(C(=O)Nc2ccccc2-c2nc(-c3ccc(C)nc3)no2)cc1OC. The molecule has 1 N–H and O–H groups in total. The number of para-hydroxylation sites is 1. The molecule has 2 heterocycles. The normalized spacial score (nSPS) is 10.5. The van der Waals surface area contributed by atoms with Gasteiger partial charge in [-0.2, -0.15) is 4.98 Å². The Morgan fingerprint density at radius 2 is 1.81 bits per heavy atom. The lowest BCUT2D eigenvalue weighted by molar-refractivity contribution is 0.102. The van der Waals surface area contributed by atoms with Gasteiger partial charge in [0.2, 0.25) is 5.82 Å². The van der Waals surface area contributed by atoms with Crippen LogP contribution in [-0.4, -0.2) is 35.3 Å². The van der Waals surface area contributed by atoms with Crippen molar-refractivity contribution in [3.05, 3.63) is 72.1 Å². The number of pyridine rings is 1. The first kappa shape index (κ1) is 20.1. The average Bonchev–Trinajstić information content (AvgIpc) is 3.29. The van der Waals surface area contributed by atoms with Gasteiger partial charge in [0.1, 0.15) is 0 Å². The molecule has 2 aromatic heterocycles. The number of anilines is 1. The van der Waals surface area contributed by atoms with E-state index in [1.165, 1.54) is 7.11 Å². The van der Waals surface area contributed by atoms with E-state index < -0.39 is 0 Å². The molecule has 0 saturated heterocycles. The van der Waals surface area contributed by atoms with E-state index in [0.717, 1.165) is 11.3 Å². The van der Waals surface area contributed by atoms with Gasteiger partial charge in [-0.1, -0.05) is 17.3 Å². The number of rotatable bonds is 6. The van der Waals surface area contributed by atoms with Crippen molar-refractivity contribution in [3.63, 3.8) is 0 Å². The molecule has 8 heteroatoms. The minimum absolute atomic E-state index is 0.291. The molecule has 0 unspecified atom stereocenters. The predicted octanol–water partition coefficient (Wildman–Crippen LogP) is 4.38. The Morgan fingerprint density at radius 3 is 2.55 bits per heavy atom. The van der Waals surface area contributed by atoms with Crippen LogP contribution in [0.15, 0.2) is 65.3 Å². The molecular weight excluding hydrogens is 396 g/mol. The highest BCUT2D eigenvalue weighted by atomic mass is 16.5. The van der Waals surface area contributed by atoms with Gasteiger partial charge >= 0.3 is 0 Å². The summed E-state index contributed by atoms with van der Waals surface area (Å²) < 4.78 is 16.0. The number of nitrogens with one attached hydrogen (secondary N) is 1. The van der Waals surface area contributed by atoms with Crippen molar-refractivity contribution in [1.29, 1.82) is 0 Å². The van der Waals surface area contributed by atoms with Crippen LogP contribution in [0, 0.1) is 6.92 Å². The summed E-state index contributed by atoms with van der Waals surface area (Å²) in [5.41, 5.74) is 3.21. The minimum atomic E-state index is -0.309. The number of hydrogen-bond acceptors (Lipinski definition) is 7. The van der Waals surface area contributed by atoms with Gasteiger partial charge in [0.05, 0.1) is 25.5 Å². The smallest absolute Gasteiger partial charge is 0.260 e. The zero-order valence-corrected chi connectivity index (χ0v) is 17.2. The number of methoxy groups -OCH3 is 2. The zero-order valence-electron chi connectivity index (χ0n) is 17.2. The second-order valence-electron chi connectivity index (χ2n) is 6.68. The first-order valence-corrected chi connectivity index (χ1v) is 9.48. The third-order valence-corrected chi connectivity index (χ3v) is 4.65. The molecule has 0 aliphatic heterocycles. The second-order valence-corrected chi connectivity index (χ2v) is 6.68. The summed E-state index contributed by atoms with van der Waals surface area (Å²) in [5, 5.41) is 6.94. The van der Waals surface area contributed by atoms with Crippen LogP contribution in [0.3, 0.4) is 0 Å². The maximum Gasteiger partial charge on any atom is 0.260 e. The summed E-state index contributed by atoms with van der Waals surface area (Å²) in [6, 6.07) is 15.9. The van der Waals surface area contributed by atoms with Crippen LogP contribution in [0.5, 0.6) is 11.5 Å².